The van der Waals surface area contributed by atoms with Crippen molar-refractivity contribution in [3.05, 3.63) is 54.2 Å². The summed E-state index contributed by atoms with van der Waals surface area (Å²) in [5.41, 5.74) is -1.02. The van der Waals surface area contributed by atoms with Crippen LogP contribution < -0.4 is 10.6 Å². The van der Waals surface area contributed by atoms with Crippen molar-refractivity contribution in [2.45, 2.75) is 18.4 Å². The summed E-state index contributed by atoms with van der Waals surface area (Å²) in [6.45, 7) is -0.124. The number of benzene rings is 1. The minimum Gasteiger partial charge on any atom is -0.466 e. The van der Waals surface area contributed by atoms with Crippen molar-refractivity contribution < 1.29 is 23.5 Å². The molecule has 7 heteroatoms. The number of hydrogen-bond acceptors (Lipinski definition) is 4. The van der Waals surface area contributed by atoms with Gasteiger partial charge in [-0.15, -0.1) is 0 Å². The molecule has 0 spiro atoms. The highest BCUT2D eigenvalue weighted by Gasteiger charge is 2.47. The van der Waals surface area contributed by atoms with Crippen molar-refractivity contribution in [3.63, 3.8) is 0 Å². The van der Waals surface area contributed by atoms with Crippen LogP contribution in [0.5, 0.6) is 0 Å². The largest absolute Gasteiger partial charge is 0.466 e. The smallest absolute Gasteiger partial charge is 0.313 e. The van der Waals surface area contributed by atoms with Gasteiger partial charge in [-0.25, -0.2) is 4.39 Å². The molecule has 6 nitrogen and oxygen atoms in total. The summed E-state index contributed by atoms with van der Waals surface area (Å²) in [6, 6.07) is 8.36. The Morgan fingerprint density at radius 2 is 1.92 bits per heavy atom. The molecule has 1 aliphatic carbocycles. The maximum Gasteiger partial charge on any atom is 0.313 e. The van der Waals surface area contributed by atoms with Crippen LogP contribution in [0.3, 0.4) is 0 Å². The lowest BCUT2D eigenvalue weighted by molar-refractivity contribution is -0.137. The summed E-state index contributed by atoms with van der Waals surface area (Å²) in [5, 5.41) is 15.6. The van der Waals surface area contributed by atoms with E-state index < -0.39 is 23.2 Å². The normalized spacial score (nSPS) is 16.2. The zero-order valence-corrected chi connectivity index (χ0v) is 12.8. The molecule has 0 saturated heterocycles. The molecular formula is C17H17FN2O4. The fourth-order valence-electron chi connectivity index (χ4n) is 2.53. The molecule has 0 aliphatic heterocycles. The van der Waals surface area contributed by atoms with E-state index in [-0.39, 0.29) is 12.5 Å². The van der Waals surface area contributed by atoms with Crippen LogP contribution in [0.2, 0.25) is 0 Å². The third-order valence-corrected chi connectivity index (χ3v) is 4.03. The van der Waals surface area contributed by atoms with Gasteiger partial charge in [0.2, 0.25) is 0 Å². The number of nitrogens with one attached hydrogen (secondary N) is 2. The zero-order chi connectivity index (χ0) is 17.2. The number of aliphatic hydroxyl groups is 1. The van der Waals surface area contributed by atoms with E-state index in [1.807, 2.05) is 0 Å². The Kier molecular flexibility index (Phi) is 4.35. The number of hydrogen-bond donors (Lipinski definition) is 3. The van der Waals surface area contributed by atoms with Gasteiger partial charge >= 0.3 is 11.8 Å². The second-order valence-corrected chi connectivity index (χ2v) is 5.82. The topological polar surface area (TPSA) is 91.6 Å². The van der Waals surface area contributed by atoms with Crippen LogP contribution in [0.25, 0.3) is 0 Å². The lowest BCUT2D eigenvalue weighted by atomic mass is 9.94. The van der Waals surface area contributed by atoms with Crippen LogP contribution in [0.4, 0.5) is 10.1 Å². The van der Waals surface area contributed by atoms with Gasteiger partial charge < -0.3 is 20.2 Å². The number of rotatable bonds is 5. The molecule has 1 aromatic heterocycles. The molecule has 2 aromatic rings. The summed E-state index contributed by atoms with van der Waals surface area (Å²) in [4.78, 5) is 23.8. The predicted octanol–water partition coefficient (Wildman–Crippen LogP) is 1.77. The van der Waals surface area contributed by atoms with E-state index in [0.29, 0.717) is 11.4 Å². The van der Waals surface area contributed by atoms with E-state index in [4.69, 9.17) is 4.42 Å². The van der Waals surface area contributed by atoms with Crippen molar-refractivity contribution in [2.24, 2.45) is 5.92 Å². The van der Waals surface area contributed by atoms with E-state index in [1.165, 1.54) is 30.5 Å². The highest BCUT2D eigenvalue weighted by atomic mass is 19.1. The number of halogens is 1. The Morgan fingerprint density at radius 1 is 1.21 bits per heavy atom. The second-order valence-electron chi connectivity index (χ2n) is 5.82. The number of anilines is 1. The van der Waals surface area contributed by atoms with Crippen LogP contribution in [-0.4, -0.2) is 23.5 Å². The van der Waals surface area contributed by atoms with Crippen molar-refractivity contribution in [1.82, 2.24) is 5.32 Å². The first-order chi connectivity index (χ1) is 11.5. The molecule has 1 aliphatic rings. The van der Waals surface area contributed by atoms with Crippen molar-refractivity contribution in [2.75, 3.05) is 11.9 Å². The third-order valence-electron chi connectivity index (χ3n) is 4.03. The molecule has 1 atom stereocenters. The maximum absolute atomic E-state index is 12.8. The van der Waals surface area contributed by atoms with E-state index >= 15 is 0 Å². The summed E-state index contributed by atoms with van der Waals surface area (Å²) >= 11 is 0. The Hall–Kier alpha value is -2.67. The summed E-state index contributed by atoms with van der Waals surface area (Å²) in [6.07, 6.45) is 3.11. The van der Waals surface area contributed by atoms with Gasteiger partial charge in [0.15, 0.2) is 0 Å². The molecule has 24 heavy (non-hydrogen) atoms. The fraction of sp³-hybridized carbons (Fsp3) is 0.294. The Labute approximate surface area is 137 Å². The SMILES string of the molecule is O=C(NCC(O)(c1ccco1)C1CC1)C(=O)Nc1ccc(F)cc1. The van der Waals surface area contributed by atoms with E-state index in [0.717, 1.165) is 12.8 Å². The van der Waals surface area contributed by atoms with Crippen molar-refractivity contribution in [1.29, 1.82) is 0 Å². The van der Waals surface area contributed by atoms with E-state index in [9.17, 15) is 19.1 Å². The van der Waals surface area contributed by atoms with Crippen LogP contribution in [0, 0.1) is 11.7 Å². The Morgan fingerprint density at radius 3 is 2.50 bits per heavy atom. The van der Waals surface area contributed by atoms with Gasteiger partial charge in [0.1, 0.15) is 17.2 Å². The molecule has 3 N–H and O–H groups in total. The number of amides is 2. The zero-order valence-electron chi connectivity index (χ0n) is 12.8. The Bertz CT molecular complexity index is 726. The van der Waals surface area contributed by atoms with Crippen molar-refractivity contribution in [3.8, 4) is 0 Å². The van der Waals surface area contributed by atoms with Gasteiger partial charge in [-0.2, -0.15) is 0 Å². The van der Waals surface area contributed by atoms with Crippen LogP contribution in [-0.2, 0) is 15.2 Å². The van der Waals surface area contributed by atoms with Gasteiger partial charge in [-0.3, -0.25) is 9.59 Å². The lowest BCUT2D eigenvalue weighted by Gasteiger charge is -2.26. The first-order valence-corrected chi connectivity index (χ1v) is 7.60. The molecule has 0 bridgehead atoms. The molecule has 1 aromatic carbocycles. The van der Waals surface area contributed by atoms with Crippen LogP contribution in [0.15, 0.2) is 47.1 Å². The lowest BCUT2D eigenvalue weighted by Crippen LogP contribution is -2.45. The van der Waals surface area contributed by atoms with E-state index in [2.05, 4.69) is 10.6 Å². The predicted molar refractivity (Wildman–Crippen MR) is 83.4 cm³/mol. The highest BCUT2D eigenvalue weighted by Crippen LogP contribution is 2.45. The van der Waals surface area contributed by atoms with Gasteiger partial charge in [0, 0.05) is 5.69 Å². The minimum absolute atomic E-state index is 0.0101. The summed E-state index contributed by atoms with van der Waals surface area (Å²) in [7, 11) is 0. The fourth-order valence-corrected chi connectivity index (χ4v) is 2.53. The van der Waals surface area contributed by atoms with Gasteiger partial charge in [-0.05, 0) is 55.2 Å². The maximum atomic E-state index is 12.8. The monoisotopic (exact) mass is 332 g/mol. The van der Waals surface area contributed by atoms with Crippen LogP contribution in [0.1, 0.15) is 18.6 Å². The molecule has 1 unspecified atom stereocenters. The molecule has 2 amide bonds. The first-order valence-electron chi connectivity index (χ1n) is 7.60. The standard InChI is InChI=1S/C17H17FN2O4/c18-12-5-7-13(8-6-12)20-16(22)15(21)19-10-17(23,11-3-4-11)14-2-1-9-24-14/h1-2,5-9,11,23H,3-4,10H2,(H,19,21)(H,20,22). The quantitative estimate of drug-likeness (QED) is 0.728. The van der Waals surface area contributed by atoms with E-state index in [1.54, 1.807) is 12.1 Å². The number of furan rings is 1. The molecule has 1 heterocycles. The highest BCUT2D eigenvalue weighted by molar-refractivity contribution is 6.39. The Balaban J connectivity index is 1.59. The van der Waals surface area contributed by atoms with Gasteiger partial charge in [0.05, 0.1) is 12.8 Å². The molecule has 3 rings (SSSR count). The average Bonchev–Trinajstić information content (AvgIpc) is 3.29. The summed E-state index contributed by atoms with van der Waals surface area (Å²) < 4.78 is 18.1. The molecule has 1 saturated carbocycles. The molecule has 0 radical (unpaired) electrons. The van der Waals surface area contributed by atoms with Crippen molar-refractivity contribution >= 4 is 17.5 Å². The second kappa shape index (κ2) is 6.45. The van der Waals surface area contributed by atoms with Crippen LogP contribution >= 0.6 is 0 Å². The molecular weight excluding hydrogens is 315 g/mol. The van der Waals surface area contributed by atoms with Gasteiger partial charge in [-0.1, -0.05) is 0 Å². The number of carbonyl (C=O) groups excluding carboxylic acids is 2. The molecule has 126 valence electrons. The minimum atomic E-state index is -1.32. The third kappa shape index (κ3) is 3.46. The van der Waals surface area contributed by atoms with Gasteiger partial charge in [0.25, 0.3) is 0 Å². The first kappa shape index (κ1) is 16.2. The average molecular weight is 332 g/mol. The number of carbonyl (C=O) groups is 2. The molecule has 1 fully saturated rings. The summed E-state index contributed by atoms with van der Waals surface area (Å²) in [5.74, 6) is -1.86.